The molecule has 0 saturated carbocycles. The van der Waals surface area contributed by atoms with Crippen LogP contribution in [0, 0.1) is 5.92 Å². The number of nitrogens with zero attached hydrogens (tertiary/aromatic N) is 1. The number of amides is 1. The van der Waals surface area contributed by atoms with E-state index in [1.165, 1.54) is 4.90 Å². The van der Waals surface area contributed by atoms with E-state index in [0.717, 1.165) is 0 Å². The lowest BCUT2D eigenvalue weighted by atomic mass is 10.1. The molecule has 1 heterocycles. The number of ether oxygens (including phenoxy) is 1. The van der Waals surface area contributed by atoms with Crippen LogP contribution in [0.5, 0.6) is 0 Å². The van der Waals surface area contributed by atoms with E-state index in [1.807, 2.05) is 0 Å². The summed E-state index contributed by atoms with van der Waals surface area (Å²) < 4.78 is 5.23. The molecule has 0 aromatic heterocycles. The number of carbonyl (C=O) groups is 2. The van der Waals surface area contributed by atoms with E-state index in [9.17, 15) is 9.59 Å². The molecule has 0 unspecified atom stereocenters. The van der Waals surface area contributed by atoms with Gasteiger partial charge < -0.3 is 20.1 Å². The smallest absolute Gasteiger partial charge is 0.410 e. The minimum Gasteiger partial charge on any atom is -0.481 e. The number of carboxylic acid groups (broad SMARTS) is 1. The van der Waals surface area contributed by atoms with Gasteiger partial charge in [0.05, 0.1) is 5.92 Å². The minimum absolute atomic E-state index is 0.192. The second kappa shape index (κ2) is 5.35. The van der Waals surface area contributed by atoms with Crippen LogP contribution in [-0.4, -0.2) is 53.8 Å². The molecule has 0 spiro atoms. The molecular weight excluding hydrogens is 224 g/mol. The summed E-state index contributed by atoms with van der Waals surface area (Å²) in [5, 5.41) is 12.0. The van der Waals surface area contributed by atoms with Crippen LogP contribution < -0.4 is 5.32 Å². The van der Waals surface area contributed by atoms with Crippen LogP contribution >= 0.6 is 0 Å². The molecule has 6 heteroatoms. The summed E-state index contributed by atoms with van der Waals surface area (Å²) in [6.45, 7) is 6.99. The van der Waals surface area contributed by atoms with Crippen LogP contribution in [0.2, 0.25) is 0 Å². The monoisotopic (exact) mass is 244 g/mol. The van der Waals surface area contributed by atoms with E-state index in [2.05, 4.69) is 5.32 Å². The second-order valence-electron chi connectivity index (χ2n) is 5.17. The summed E-state index contributed by atoms with van der Waals surface area (Å²) in [7, 11) is 0. The first-order valence-electron chi connectivity index (χ1n) is 5.71. The number of rotatable bonds is 1. The normalized spacial score (nSPS) is 21.8. The Morgan fingerprint density at radius 3 is 2.59 bits per heavy atom. The molecule has 1 fully saturated rings. The predicted octanol–water partition coefficient (Wildman–Crippen LogP) is 0.527. The molecule has 0 aromatic rings. The summed E-state index contributed by atoms with van der Waals surface area (Å²) in [6.07, 6.45) is -0.451. The molecule has 0 radical (unpaired) electrons. The highest BCUT2D eigenvalue weighted by atomic mass is 16.6. The van der Waals surface area contributed by atoms with Crippen molar-refractivity contribution < 1.29 is 19.4 Å². The quantitative estimate of drug-likeness (QED) is 0.703. The second-order valence-corrected chi connectivity index (χ2v) is 5.17. The van der Waals surface area contributed by atoms with Gasteiger partial charge in [-0.15, -0.1) is 0 Å². The number of nitrogens with one attached hydrogen (secondary N) is 1. The van der Waals surface area contributed by atoms with Crippen molar-refractivity contribution in [3.63, 3.8) is 0 Å². The predicted molar refractivity (Wildman–Crippen MR) is 61.8 cm³/mol. The van der Waals surface area contributed by atoms with Gasteiger partial charge in [-0.25, -0.2) is 4.79 Å². The van der Waals surface area contributed by atoms with Crippen LogP contribution in [0.25, 0.3) is 0 Å². The topological polar surface area (TPSA) is 78.9 Å². The van der Waals surface area contributed by atoms with Crippen molar-refractivity contribution in [1.82, 2.24) is 10.2 Å². The fourth-order valence-electron chi connectivity index (χ4n) is 1.57. The van der Waals surface area contributed by atoms with Crippen molar-refractivity contribution >= 4 is 12.1 Å². The summed E-state index contributed by atoms with van der Waals surface area (Å²) in [4.78, 5) is 24.2. The van der Waals surface area contributed by atoms with Crippen molar-refractivity contribution in [3.8, 4) is 0 Å². The van der Waals surface area contributed by atoms with Crippen molar-refractivity contribution in [2.75, 3.05) is 26.2 Å². The maximum absolute atomic E-state index is 11.8. The Morgan fingerprint density at radius 2 is 2.06 bits per heavy atom. The third-order valence-corrected chi connectivity index (χ3v) is 2.39. The highest BCUT2D eigenvalue weighted by Crippen LogP contribution is 2.12. The summed E-state index contributed by atoms with van der Waals surface area (Å²) in [5.41, 5.74) is -0.560. The fourth-order valence-corrected chi connectivity index (χ4v) is 1.57. The Labute approximate surface area is 101 Å². The molecule has 98 valence electrons. The van der Waals surface area contributed by atoms with Gasteiger partial charge in [0.25, 0.3) is 0 Å². The maximum Gasteiger partial charge on any atom is 0.410 e. The van der Waals surface area contributed by atoms with Gasteiger partial charge >= 0.3 is 12.1 Å². The van der Waals surface area contributed by atoms with Gasteiger partial charge in [-0.1, -0.05) is 0 Å². The van der Waals surface area contributed by atoms with Crippen LogP contribution in [0.4, 0.5) is 4.79 Å². The first-order chi connectivity index (χ1) is 7.79. The minimum atomic E-state index is -0.895. The molecule has 2 N–H and O–H groups in total. The number of hydrogen-bond acceptors (Lipinski definition) is 4. The Bertz CT molecular complexity index is 298. The lowest BCUT2D eigenvalue weighted by Gasteiger charge is -2.27. The first kappa shape index (κ1) is 13.8. The zero-order chi connectivity index (χ0) is 13.1. The summed E-state index contributed by atoms with van der Waals surface area (Å²) in [5.74, 6) is -1.47. The highest BCUT2D eigenvalue weighted by molar-refractivity contribution is 5.73. The van der Waals surface area contributed by atoms with Crippen LogP contribution in [-0.2, 0) is 9.53 Å². The molecule has 1 aliphatic heterocycles. The lowest BCUT2D eigenvalue weighted by molar-refractivity contribution is -0.141. The van der Waals surface area contributed by atoms with E-state index < -0.39 is 23.6 Å². The Hall–Kier alpha value is -1.30. The van der Waals surface area contributed by atoms with Gasteiger partial charge in [-0.2, -0.15) is 0 Å². The molecule has 6 nitrogen and oxygen atoms in total. The zero-order valence-corrected chi connectivity index (χ0v) is 10.5. The average molecular weight is 244 g/mol. The zero-order valence-electron chi connectivity index (χ0n) is 10.5. The van der Waals surface area contributed by atoms with Gasteiger partial charge in [0.1, 0.15) is 5.60 Å². The third-order valence-electron chi connectivity index (χ3n) is 2.39. The van der Waals surface area contributed by atoms with Gasteiger partial charge in [0.2, 0.25) is 0 Å². The molecule has 1 atom stereocenters. The summed E-state index contributed by atoms with van der Waals surface area (Å²) >= 11 is 0. The molecule has 0 bridgehead atoms. The standard InChI is InChI=1S/C11H20N2O4/c1-11(2,3)17-10(16)13-5-4-12-6-8(7-13)9(14)15/h8,12H,4-7H2,1-3H3,(H,14,15)/t8-/m0/s1. The van der Waals surface area contributed by atoms with Crippen LogP contribution in [0.3, 0.4) is 0 Å². The molecule has 1 rings (SSSR count). The van der Waals surface area contributed by atoms with Crippen molar-refractivity contribution in [2.45, 2.75) is 26.4 Å². The van der Waals surface area contributed by atoms with Crippen molar-refractivity contribution in [1.29, 1.82) is 0 Å². The van der Waals surface area contributed by atoms with Gasteiger partial charge in [0.15, 0.2) is 0 Å². The molecule has 1 saturated heterocycles. The highest BCUT2D eigenvalue weighted by Gasteiger charge is 2.29. The van der Waals surface area contributed by atoms with Crippen LogP contribution in [0.15, 0.2) is 0 Å². The number of carbonyl (C=O) groups excluding carboxylic acids is 1. The summed E-state index contributed by atoms with van der Waals surface area (Å²) in [6, 6.07) is 0. The van der Waals surface area contributed by atoms with Crippen molar-refractivity contribution in [2.24, 2.45) is 5.92 Å². The molecule has 17 heavy (non-hydrogen) atoms. The lowest BCUT2D eigenvalue weighted by Crippen LogP contribution is -2.41. The van der Waals surface area contributed by atoms with Crippen molar-refractivity contribution in [3.05, 3.63) is 0 Å². The third kappa shape index (κ3) is 4.60. The number of aliphatic carboxylic acids is 1. The largest absolute Gasteiger partial charge is 0.481 e. The Kier molecular flexibility index (Phi) is 4.34. The molecule has 0 aliphatic carbocycles. The van der Waals surface area contributed by atoms with Gasteiger partial charge in [-0.05, 0) is 20.8 Å². The Balaban J connectivity index is 2.62. The fraction of sp³-hybridized carbons (Fsp3) is 0.818. The average Bonchev–Trinajstić information content (AvgIpc) is 2.39. The van der Waals surface area contributed by atoms with E-state index in [0.29, 0.717) is 19.6 Å². The SMILES string of the molecule is CC(C)(C)OC(=O)N1CCNC[C@H](C(=O)O)C1. The first-order valence-corrected chi connectivity index (χ1v) is 5.71. The van der Waals surface area contributed by atoms with E-state index in [-0.39, 0.29) is 6.54 Å². The number of carboxylic acids is 1. The van der Waals surface area contributed by atoms with E-state index in [1.54, 1.807) is 20.8 Å². The van der Waals surface area contributed by atoms with Gasteiger partial charge in [-0.3, -0.25) is 4.79 Å². The van der Waals surface area contributed by atoms with E-state index >= 15 is 0 Å². The molecule has 1 aliphatic rings. The molecular formula is C11H20N2O4. The Morgan fingerprint density at radius 1 is 1.41 bits per heavy atom. The molecule has 1 amide bonds. The number of hydrogen-bond donors (Lipinski definition) is 2. The molecule has 0 aromatic carbocycles. The van der Waals surface area contributed by atoms with Crippen LogP contribution in [0.1, 0.15) is 20.8 Å². The maximum atomic E-state index is 11.8. The van der Waals surface area contributed by atoms with E-state index in [4.69, 9.17) is 9.84 Å². The van der Waals surface area contributed by atoms with Gasteiger partial charge in [0, 0.05) is 26.2 Å².